The van der Waals surface area contributed by atoms with Gasteiger partial charge >= 0.3 is 0 Å². The molecule has 0 heterocycles. The van der Waals surface area contributed by atoms with E-state index in [-0.39, 0.29) is 17.9 Å². The Morgan fingerprint density at radius 3 is 2.13 bits per heavy atom. The van der Waals surface area contributed by atoms with Gasteiger partial charge in [0.15, 0.2) is 9.84 Å². The summed E-state index contributed by atoms with van der Waals surface area (Å²) < 4.78 is 51.2. The fraction of sp³-hybridized carbons (Fsp3) is 0.562. The molecule has 1 N–H and O–H groups in total. The lowest BCUT2D eigenvalue weighted by molar-refractivity contribution is -0.119. The fourth-order valence-corrected chi connectivity index (χ4v) is 3.67. The molecule has 0 unspecified atom stereocenters. The molecule has 4 nitrogen and oxygen atoms in total. The molecular formula is C16H23F2NO3S. The van der Waals surface area contributed by atoms with Crippen LogP contribution in [0.1, 0.15) is 33.3 Å². The molecule has 2 atom stereocenters. The van der Waals surface area contributed by atoms with Crippen LogP contribution < -0.4 is 5.32 Å². The Bertz CT molecular complexity index is 639. The van der Waals surface area contributed by atoms with Gasteiger partial charge in [-0.3, -0.25) is 4.79 Å². The summed E-state index contributed by atoms with van der Waals surface area (Å²) in [4.78, 5) is 11.9. The van der Waals surface area contributed by atoms with Gasteiger partial charge in [0.2, 0.25) is 5.91 Å². The summed E-state index contributed by atoms with van der Waals surface area (Å²) in [6.07, 6.45) is -0.0516. The molecule has 0 saturated carbocycles. The molecule has 0 bridgehead atoms. The number of hydrogen-bond donors (Lipinski definition) is 1. The van der Waals surface area contributed by atoms with Crippen LogP contribution in [0.15, 0.2) is 18.2 Å². The molecule has 1 aromatic rings. The fourth-order valence-electron chi connectivity index (χ4n) is 2.13. The Hall–Kier alpha value is -1.50. The van der Waals surface area contributed by atoms with Crippen LogP contribution >= 0.6 is 0 Å². The van der Waals surface area contributed by atoms with E-state index in [4.69, 9.17) is 0 Å². The van der Waals surface area contributed by atoms with Gasteiger partial charge in [0.1, 0.15) is 17.4 Å². The number of halogens is 2. The molecule has 0 aliphatic carbocycles. The first-order valence-electron chi connectivity index (χ1n) is 7.48. The molecule has 1 aromatic carbocycles. The highest BCUT2D eigenvalue weighted by Gasteiger charge is 2.27. The second-order valence-corrected chi connectivity index (χ2v) is 8.49. The standard InChI is InChI=1S/C16H23F2NO3S/c1-10(2)12(4)23(21,22)9-16(20)19-11(3)8-13-14(17)6-5-7-15(13)18/h5-7,10-12H,8-9H2,1-4H3,(H,19,20)/t11-,12+/m1/s1. The largest absolute Gasteiger partial charge is 0.352 e. The molecule has 1 amide bonds. The zero-order valence-electron chi connectivity index (χ0n) is 13.8. The third-order valence-corrected chi connectivity index (χ3v) is 6.16. The first-order chi connectivity index (χ1) is 10.5. The predicted molar refractivity (Wildman–Crippen MR) is 85.8 cm³/mol. The van der Waals surface area contributed by atoms with Crippen LogP contribution in [-0.4, -0.2) is 31.4 Å². The van der Waals surface area contributed by atoms with Gasteiger partial charge in [-0.25, -0.2) is 17.2 Å². The van der Waals surface area contributed by atoms with Crippen molar-refractivity contribution in [3.05, 3.63) is 35.4 Å². The van der Waals surface area contributed by atoms with Gasteiger partial charge < -0.3 is 5.32 Å². The van der Waals surface area contributed by atoms with E-state index in [1.54, 1.807) is 27.7 Å². The maximum absolute atomic E-state index is 13.6. The molecule has 0 aliphatic heterocycles. The summed E-state index contributed by atoms with van der Waals surface area (Å²) >= 11 is 0. The van der Waals surface area contributed by atoms with Crippen molar-refractivity contribution in [2.24, 2.45) is 5.92 Å². The Kier molecular flexibility index (Phi) is 6.68. The van der Waals surface area contributed by atoms with E-state index in [2.05, 4.69) is 5.32 Å². The number of amides is 1. The average Bonchev–Trinajstić information content (AvgIpc) is 2.41. The van der Waals surface area contributed by atoms with Gasteiger partial charge in [-0.2, -0.15) is 0 Å². The number of hydrogen-bond acceptors (Lipinski definition) is 3. The number of sulfone groups is 1. The first-order valence-corrected chi connectivity index (χ1v) is 9.20. The van der Waals surface area contributed by atoms with Crippen molar-refractivity contribution in [1.82, 2.24) is 5.32 Å². The summed E-state index contributed by atoms with van der Waals surface area (Å²) in [6.45, 7) is 6.67. The first kappa shape index (κ1) is 19.5. The molecule has 0 spiro atoms. The molecule has 0 saturated heterocycles. The number of benzene rings is 1. The summed E-state index contributed by atoms with van der Waals surface area (Å²) in [5, 5.41) is 1.85. The van der Waals surface area contributed by atoms with E-state index in [0.29, 0.717) is 0 Å². The highest BCUT2D eigenvalue weighted by atomic mass is 32.2. The van der Waals surface area contributed by atoms with E-state index in [1.807, 2.05) is 0 Å². The Labute approximate surface area is 136 Å². The van der Waals surface area contributed by atoms with Crippen molar-refractivity contribution >= 4 is 15.7 Å². The number of nitrogens with one attached hydrogen (secondary N) is 1. The van der Waals surface area contributed by atoms with Crippen LogP contribution in [-0.2, 0) is 21.1 Å². The zero-order chi connectivity index (χ0) is 17.8. The minimum Gasteiger partial charge on any atom is -0.352 e. The van der Waals surface area contributed by atoms with Crippen LogP contribution in [0.4, 0.5) is 8.78 Å². The lowest BCUT2D eigenvalue weighted by atomic mass is 10.1. The van der Waals surface area contributed by atoms with Crippen LogP contribution in [0.3, 0.4) is 0 Å². The summed E-state index contributed by atoms with van der Waals surface area (Å²) in [5.74, 6) is -2.77. The number of rotatable bonds is 7. The van der Waals surface area contributed by atoms with Crippen molar-refractivity contribution in [2.75, 3.05) is 5.75 Å². The van der Waals surface area contributed by atoms with Gasteiger partial charge in [-0.15, -0.1) is 0 Å². The van der Waals surface area contributed by atoms with Crippen molar-refractivity contribution in [2.45, 2.75) is 45.4 Å². The summed E-state index contributed by atoms with van der Waals surface area (Å²) in [6, 6.07) is 2.96. The van der Waals surface area contributed by atoms with Crippen LogP contribution in [0, 0.1) is 17.6 Å². The average molecular weight is 347 g/mol. The molecule has 7 heteroatoms. The number of carbonyl (C=O) groups excluding carboxylic acids is 1. The monoisotopic (exact) mass is 347 g/mol. The predicted octanol–water partition coefficient (Wildman–Crippen LogP) is 2.47. The normalized spacial score (nSPS) is 14.6. The maximum Gasteiger partial charge on any atom is 0.235 e. The molecule has 0 radical (unpaired) electrons. The van der Waals surface area contributed by atoms with E-state index >= 15 is 0 Å². The third-order valence-electron chi connectivity index (χ3n) is 3.82. The van der Waals surface area contributed by atoms with Crippen molar-refractivity contribution in [1.29, 1.82) is 0 Å². The van der Waals surface area contributed by atoms with Gasteiger partial charge in [-0.1, -0.05) is 19.9 Å². The minimum atomic E-state index is -3.55. The Morgan fingerprint density at radius 1 is 1.13 bits per heavy atom. The molecule has 1 rings (SSSR count). The van der Waals surface area contributed by atoms with E-state index in [1.165, 1.54) is 6.07 Å². The van der Waals surface area contributed by atoms with Gasteiger partial charge in [0, 0.05) is 11.6 Å². The molecule has 0 fully saturated rings. The second kappa shape index (κ2) is 7.86. The molecule has 0 aliphatic rings. The lowest BCUT2D eigenvalue weighted by Gasteiger charge is -2.18. The van der Waals surface area contributed by atoms with Crippen molar-refractivity contribution in [3.63, 3.8) is 0 Å². The molecule has 130 valence electrons. The Morgan fingerprint density at radius 2 is 1.65 bits per heavy atom. The van der Waals surface area contributed by atoms with Gasteiger partial charge in [-0.05, 0) is 38.3 Å². The smallest absolute Gasteiger partial charge is 0.235 e. The molecular weight excluding hydrogens is 324 g/mol. The number of carbonyl (C=O) groups is 1. The molecule has 23 heavy (non-hydrogen) atoms. The quantitative estimate of drug-likeness (QED) is 0.824. The SMILES string of the molecule is CC(C)[C@H](C)S(=O)(=O)CC(=O)N[C@H](C)Cc1c(F)cccc1F. The zero-order valence-corrected chi connectivity index (χ0v) is 14.6. The Balaban J connectivity index is 2.68. The van der Waals surface area contributed by atoms with Gasteiger partial charge in [0.25, 0.3) is 0 Å². The van der Waals surface area contributed by atoms with Crippen LogP contribution in [0.25, 0.3) is 0 Å². The molecule has 0 aromatic heterocycles. The third kappa shape index (κ3) is 5.57. The minimum absolute atomic E-state index is 0.0516. The van der Waals surface area contributed by atoms with E-state index < -0.39 is 44.4 Å². The van der Waals surface area contributed by atoms with E-state index in [0.717, 1.165) is 12.1 Å². The van der Waals surface area contributed by atoms with E-state index in [9.17, 15) is 22.0 Å². The topological polar surface area (TPSA) is 63.2 Å². The second-order valence-electron chi connectivity index (χ2n) is 6.13. The summed E-state index contributed by atoms with van der Waals surface area (Å²) in [7, 11) is -3.55. The maximum atomic E-state index is 13.6. The van der Waals surface area contributed by atoms with Crippen molar-refractivity contribution in [3.8, 4) is 0 Å². The highest BCUT2D eigenvalue weighted by Crippen LogP contribution is 2.15. The van der Waals surface area contributed by atoms with Crippen LogP contribution in [0.2, 0.25) is 0 Å². The van der Waals surface area contributed by atoms with Crippen LogP contribution in [0.5, 0.6) is 0 Å². The van der Waals surface area contributed by atoms with Gasteiger partial charge in [0.05, 0.1) is 5.25 Å². The lowest BCUT2D eigenvalue weighted by Crippen LogP contribution is -2.40. The van der Waals surface area contributed by atoms with Crippen molar-refractivity contribution < 1.29 is 22.0 Å². The summed E-state index contributed by atoms with van der Waals surface area (Å²) in [5.41, 5.74) is -0.126. The highest BCUT2D eigenvalue weighted by molar-refractivity contribution is 7.92.